The van der Waals surface area contributed by atoms with Gasteiger partial charge in [0.1, 0.15) is 30.0 Å². The molecule has 4 aromatic carbocycles. The van der Waals surface area contributed by atoms with Gasteiger partial charge in [-0.3, -0.25) is 0 Å². The molecule has 0 saturated carbocycles. The Bertz CT molecular complexity index is 1610. The average molecular weight is 635 g/mol. The molecule has 0 N–H and O–H groups in total. The van der Waals surface area contributed by atoms with Crippen molar-refractivity contribution < 1.29 is 28.2 Å². The lowest BCUT2D eigenvalue weighted by molar-refractivity contribution is -0.144. The zero-order valence-corrected chi connectivity index (χ0v) is 28.1. The molecule has 4 aromatic rings. The first-order chi connectivity index (χ1) is 22.2. The van der Waals surface area contributed by atoms with Crippen molar-refractivity contribution in [1.29, 1.82) is 0 Å². The summed E-state index contributed by atoms with van der Waals surface area (Å²) < 4.78 is 30.8. The molecule has 0 spiro atoms. The van der Waals surface area contributed by atoms with E-state index in [1.165, 1.54) is 0 Å². The van der Waals surface area contributed by atoms with Gasteiger partial charge in [-0.05, 0) is 63.3 Å². The molecule has 238 valence electrons. The van der Waals surface area contributed by atoms with Crippen LogP contribution in [0.15, 0.2) is 121 Å². The third-order valence-electron chi connectivity index (χ3n) is 9.23. The van der Waals surface area contributed by atoms with Gasteiger partial charge in [-0.2, -0.15) is 0 Å². The number of allylic oxidation sites excluding steroid dienone is 1. The number of esters is 1. The highest BCUT2D eigenvalue weighted by Gasteiger charge is 2.56. The van der Waals surface area contributed by atoms with Gasteiger partial charge in [0.2, 0.25) is 0 Å². The molecule has 1 saturated heterocycles. The molecule has 2 aliphatic heterocycles. The van der Waals surface area contributed by atoms with Crippen LogP contribution in [0, 0.1) is 5.92 Å². The number of hydrogen-bond donors (Lipinski definition) is 0. The van der Waals surface area contributed by atoms with Gasteiger partial charge in [-0.25, -0.2) is 4.79 Å². The zero-order valence-electron chi connectivity index (χ0n) is 27.1. The van der Waals surface area contributed by atoms with Gasteiger partial charge >= 0.3 is 5.97 Å². The smallest absolute Gasteiger partial charge is 0.334 e. The number of carbonyl (C=O) groups is 1. The largest absolute Gasteiger partial charge is 0.497 e. The maximum Gasteiger partial charge on any atom is 0.334 e. The van der Waals surface area contributed by atoms with Crippen molar-refractivity contribution in [3.63, 3.8) is 0 Å². The molecule has 6 rings (SSSR count). The normalized spacial score (nSPS) is 21.6. The molecule has 0 bridgehead atoms. The van der Waals surface area contributed by atoms with Gasteiger partial charge in [-0.15, -0.1) is 0 Å². The Labute approximate surface area is 273 Å². The third-order valence-corrected chi connectivity index (χ3v) is 14.2. The first-order valence-corrected chi connectivity index (χ1v) is 17.8. The molecule has 7 heteroatoms. The van der Waals surface area contributed by atoms with E-state index in [-0.39, 0.29) is 29.6 Å². The fraction of sp³-hybridized carbons (Fsp3) is 0.308. The van der Waals surface area contributed by atoms with E-state index in [0.717, 1.165) is 45.2 Å². The third kappa shape index (κ3) is 6.09. The lowest BCUT2D eigenvalue weighted by Crippen LogP contribution is -2.68. The van der Waals surface area contributed by atoms with Crippen LogP contribution in [0.2, 0.25) is 5.04 Å². The molecule has 0 aliphatic carbocycles. The summed E-state index contributed by atoms with van der Waals surface area (Å²) in [6.45, 7) is 6.83. The minimum Gasteiger partial charge on any atom is -0.497 e. The van der Waals surface area contributed by atoms with Gasteiger partial charge < -0.3 is 23.4 Å². The fourth-order valence-corrected chi connectivity index (χ4v) is 11.5. The van der Waals surface area contributed by atoms with Crippen molar-refractivity contribution in [2.24, 2.45) is 5.92 Å². The number of cyclic esters (lactones) is 1. The minimum absolute atomic E-state index is 0.0472. The molecule has 0 amide bonds. The van der Waals surface area contributed by atoms with Crippen molar-refractivity contribution in [2.45, 2.75) is 50.4 Å². The zero-order chi connectivity index (χ0) is 32.3. The lowest BCUT2D eigenvalue weighted by Gasteiger charge is -2.45. The van der Waals surface area contributed by atoms with Crippen molar-refractivity contribution in [1.82, 2.24) is 0 Å². The van der Waals surface area contributed by atoms with Crippen LogP contribution in [-0.2, 0) is 18.7 Å². The second-order valence-corrected chi connectivity index (χ2v) is 17.3. The van der Waals surface area contributed by atoms with Gasteiger partial charge in [0.25, 0.3) is 8.32 Å². The van der Waals surface area contributed by atoms with Crippen LogP contribution in [0.1, 0.15) is 50.3 Å². The number of methoxy groups -OCH3 is 2. The summed E-state index contributed by atoms with van der Waals surface area (Å²) in [4.78, 5) is 13.7. The van der Waals surface area contributed by atoms with E-state index >= 15 is 0 Å². The lowest BCUT2D eigenvalue weighted by atomic mass is 9.86. The van der Waals surface area contributed by atoms with Crippen LogP contribution in [0.4, 0.5) is 0 Å². The summed E-state index contributed by atoms with van der Waals surface area (Å²) in [7, 11) is 0.277. The van der Waals surface area contributed by atoms with Crippen LogP contribution < -0.4 is 19.8 Å². The van der Waals surface area contributed by atoms with Crippen LogP contribution in [0.5, 0.6) is 11.5 Å². The van der Waals surface area contributed by atoms with Gasteiger partial charge in [-0.1, -0.05) is 106 Å². The summed E-state index contributed by atoms with van der Waals surface area (Å²) in [5.74, 6) is 1.61. The number of benzene rings is 4. The van der Waals surface area contributed by atoms with E-state index < -0.39 is 20.3 Å². The fourth-order valence-electron chi connectivity index (χ4n) is 6.81. The van der Waals surface area contributed by atoms with E-state index in [1.807, 2.05) is 72.8 Å². The molecular weight excluding hydrogens is 593 g/mol. The van der Waals surface area contributed by atoms with Crippen molar-refractivity contribution in [3.05, 3.63) is 132 Å². The van der Waals surface area contributed by atoms with E-state index in [2.05, 4.69) is 63.2 Å². The second-order valence-electron chi connectivity index (χ2n) is 13.0. The SMILES string of the molecule is COc1ccc([C@@H]2C=C([C@@H]3COC(=O)[C@@H]3O[Si](c3ccccc3)(c3ccccc3)C(C)(C)C)O[C@H](c3ccc(OC)cc3)C2)cc1. The predicted molar refractivity (Wildman–Crippen MR) is 182 cm³/mol. The Morgan fingerprint density at radius 1 is 0.717 bits per heavy atom. The van der Waals surface area contributed by atoms with Gasteiger partial charge in [0.15, 0.2) is 6.10 Å². The molecular formula is C39H42O6Si. The topological polar surface area (TPSA) is 63.2 Å². The summed E-state index contributed by atoms with van der Waals surface area (Å²) in [5.41, 5.74) is 2.19. The van der Waals surface area contributed by atoms with Crippen molar-refractivity contribution >= 4 is 24.7 Å². The highest BCUT2D eigenvalue weighted by atomic mass is 28.4. The van der Waals surface area contributed by atoms with E-state index in [9.17, 15) is 4.79 Å². The van der Waals surface area contributed by atoms with E-state index in [4.69, 9.17) is 23.4 Å². The van der Waals surface area contributed by atoms with E-state index in [1.54, 1.807) is 14.2 Å². The summed E-state index contributed by atoms with van der Waals surface area (Å²) in [6.07, 6.45) is 1.84. The molecule has 0 radical (unpaired) electrons. The quantitative estimate of drug-likeness (QED) is 0.147. The molecule has 1 fully saturated rings. The molecule has 46 heavy (non-hydrogen) atoms. The van der Waals surface area contributed by atoms with E-state index in [0.29, 0.717) is 0 Å². The Hall–Kier alpha value is -4.33. The molecule has 6 nitrogen and oxygen atoms in total. The van der Waals surface area contributed by atoms with Crippen LogP contribution in [0.3, 0.4) is 0 Å². The Morgan fingerprint density at radius 3 is 1.74 bits per heavy atom. The number of ether oxygens (including phenoxy) is 4. The van der Waals surface area contributed by atoms with Gasteiger partial charge in [0.05, 0.1) is 20.1 Å². The van der Waals surface area contributed by atoms with Crippen molar-refractivity contribution in [2.75, 3.05) is 20.8 Å². The summed E-state index contributed by atoms with van der Waals surface area (Å²) in [6, 6.07) is 36.9. The molecule has 2 heterocycles. The highest BCUT2D eigenvalue weighted by molar-refractivity contribution is 6.99. The maximum atomic E-state index is 13.7. The monoisotopic (exact) mass is 634 g/mol. The maximum absolute atomic E-state index is 13.7. The van der Waals surface area contributed by atoms with Crippen LogP contribution in [-0.4, -0.2) is 41.2 Å². The molecule has 4 atom stereocenters. The van der Waals surface area contributed by atoms with Crippen LogP contribution >= 0.6 is 0 Å². The second kappa shape index (κ2) is 13.2. The minimum atomic E-state index is -3.06. The van der Waals surface area contributed by atoms with Crippen LogP contribution in [0.25, 0.3) is 0 Å². The first-order valence-electron chi connectivity index (χ1n) is 15.9. The summed E-state index contributed by atoms with van der Waals surface area (Å²) >= 11 is 0. The standard InChI is InChI=1S/C39H42O6Si/c1-39(2,3)46(32-12-8-6-9-13-32,33-14-10-7-11-15-33)45-37-34(26-43-38(37)40)36-25-29(27-16-20-30(41-4)21-17-27)24-35(44-36)28-18-22-31(42-5)23-19-28/h6-23,25,29,34-35,37H,24,26H2,1-5H3/t29-,34-,35-,37+/m0/s1. The molecule has 0 unspecified atom stereocenters. The number of carbonyl (C=O) groups excluding carboxylic acids is 1. The molecule has 0 aromatic heterocycles. The average Bonchev–Trinajstić information content (AvgIpc) is 3.46. The summed E-state index contributed by atoms with van der Waals surface area (Å²) in [5, 5.41) is 1.91. The number of hydrogen-bond acceptors (Lipinski definition) is 6. The Morgan fingerprint density at radius 2 is 1.24 bits per heavy atom. The number of rotatable bonds is 9. The van der Waals surface area contributed by atoms with Crippen molar-refractivity contribution in [3.8, 4) is 11.5 Å². The Balaban J connectivity index is 1.42. The van der Waals surface area contributed by atoms with Gasteiger partial charge in [0, 0.05) is 5.92 Å². The predicted octanol–water partition coefficient (Wildman–Crippen LogP) is 6.95. The Kier molecular flexibility index (Phi) is 9.07. The highest BCUT2D eigenvalue weighted by Crippen LogP contribution is 2.45. The first kappa shape index (κ1) is 31.6. The molecule has 2 aliphatic rings.